The molecule has 0 unspecified atom stereocenters. The fourth-order valence-electron chi connectivity index (χ4n) is 3.16. The maximum absolute atomic E-state index is 12.3. The third-order valence-electron chi connectivity index (χ3n) is 5.07. The van der Waals surface area contributed by atoms with E-state index in [0.29, 0.717) is 22.9 Å². The Bertz CT molecular complexity index is 1040. The summed E-state index contributed by atoms with van der Waals surface area (Å²) < 4.78 is 5.23. The summed E-state index contributed by atoms with van der Waals surface area (Å²) in [6, 6.07) is 1.97. The predicted octanol–water partition coefficient (Wildman–Crippen LogP) is 0.0549. The molecule has 2 rings (SSSR count). The number of carbonyl (C=O) groups is 3. The Balaban J connectivity index is 2.10. The maximum Gasteiger partial charge on any atom is 0.340 e. The molecule has 0 aliphatic rings. The van der Waals surface area contributed by atoms with Crippen LogP contribution in [-0.2, 0) is 20.8 Å². The highest BCUT2D eigenvalue weighted by Gasteiger charge is 2.21. The van der Waals surface area contributed by atoms with Crippen molar-refractivity contribution < 1.29 is 29.0 Å². The lowest BCUT2D eigenvalue weighted by Gasteiger charge is -2.25. The van der Waals surface area contributed by atoms with E-state index < -0.39 is 36.0 Å². The Kier molecular flexibility index (Phi) is 7.20. The van der Waals surface area contributed by atoms with Gasteiger partial charge in [-0.25, -0.2) is 4.79 Å². The summed E-state index contributed by atoms with van der Waals surface area (Å²) in [5, 5.41) is 26.4. The van der Waals surface area contributed by atoms with Crippen LogP contribution in [0.25, 0.3) is 11.0 Å². The van der Waals surface area contributed by atoms with Crippen molar-refractivity contribution in [2.45, 2.75) is 46.6 Å². The summed E-state index contributed by atoms with van der Waals surface area (Å²) in [7, 11) is 0. The van der Waals surface area contributed by atoms with Gasteiger partial charge in [0.25, 0.3) is 0 Å². The van der Waals surface area contributed by atoms with E-state index in [1.807, 2.05) is 0 Å². The minimum absolute atomic E-state index is 0.0618. The van der Waals surface area contributed by atoms with Gasteiger partial charge in [0.05, 0.1) is 35.9 Å². The Morgan fingerprint density at radius 1 is 1.20 bits per heavy atom. The van der Waals surface area contributed by atoms with Gasteiger partial charge in [0.2, 0.25) is 11.8 Å². The van der Waals surface area contributed by atoms with Gasteiger partial charge in [-0.2, -0.15) is 0 Å². The molecule has 0 bridgehead atoms. The molecule has 2 amide bonds. The van der Waals surface area contributed by atoms with E-state index in [1.165, 1.54) is 6.07 Å². The molecule has 2 aromatic rings. The first-order valence-electron chi connectivity index (χ1n) is 9.57. The van der Waals surface area contributed by atoms with Gasteiger partial charge in [0.15, 0.2) is 0 Å². The van der Waals surface area contributed by atoms with Gasteiger partial charge < -0.3 is 30.1 Å². The molecule has 1 aromatic heterocycles. The quantitative estimate of drug-likeness (QED) is 0.514. The van der Waals surface area contributed by atoms with Crippen LogP contribution >= 0.6 is 0 Å². The number of benzene rings is 1. The van der Waals surface area contributed by atoms with E-state index in [9.17, 15) is 29.4 Å². The van der Waals surface area contributed by atoms with Crippen LogP contribution in [0.15, 0.2) is 21.3 Å². The first kappa shape index (κ1) is 22.9. The highest BCUT2D eigenvalue weighted by Crippen LogP contribution is 2.29. The zero-order chi connectivity index (χ0) is 22.6. The Morgan fingerprint density at radius 2 is 1.87 bits per heavy atom. The number of aromatic hydroxyl groups is 1. The number of carbonyl (C=O) groups excluding carboxylic acids is 3. The van der Waals surface area contributed by atoms with Crippen LogP contribution in [0.3, 0.4) is 0 Å². The van der Waals surface area contributed by atoms with E-state index in [0.717, 1.165) is 0 Å². The second-order valence-corrected chi connectivity index (χ2v) is 7.35. The normalized spacial score (nSPS) is 12.9. The number of hydrogen-bond acceptors (Lipinski definition) is 7. The van der Waals surface area contributed by atoms with Gasteiger partial charge in [-0.15, -0.1) is 0 Å². The lowest BCUT2D eigenvalue weighted by Crippen LogP contribution is -2.53. The molecule has 9 nitrogen and oxygen atoms in total. The van der Waals surface area contributed by atoms with E-state index in [2.05, 4.69) is 10.6 Å². The number of aryl methyl sites for hydroxylation is 2. The number of hydrogen-bond donors (Lipinski definition) is 3. The number of nitrogens with one attached hydrogen (secondary N) is 2. The molecular weight excluding hydrogens is 392 g/mol. The van der Waals surface area contributed by atoms with Gasteiger partial charge in [0.1, 0.15) is 11.3 Å². The van der Waals surface area contributed by atoms with Crippen molar-refractivity contribution in [1.82, 2.24) is 10.6 Å². The number of carboxylic acid groups (broad SMARTS) is 1. The Labute approximate surface area is 173 Å². The largest absolute Gasteiger partial charge is 0.548 e. The van der Waals surface area contributed by atoms with Crippen molar-refractivity contribution in [1.29, 1.82) is 0 Å². The smallest absolute Gasteiger partial charge is 0.340 e. The molecule has 9 heteroatoms. The van der Waals surface area contributed by atoms with Crippen molar-refractivity contribution in [2.24, 2.45) is 5.92 Å². The van der Waals surface area contributed by atoms with Gasteiger partial charge in [-0.1, -0.05) is 20.3 Å². The van der Waals surface area contributed by atoms with Gasteiger partial charge in [-0.05, 0) is 43.0 Å². The highest BCUT2D eigenvalue weighted by atomic mass is 16.4. The fourth-order valence-corrected chi connectivity index (χ4v) is 3.16. The predicted molar refractivity (Wildman–Crippen MR) is 107 cm³/mol. The molecule has 2 atom stereocenters. The number of phenols is 1. The van der Waals surface area contributed by atoms with Crippen molar-refractivity contribution in [3.63, 3.8) is 0 Å². The molecule has 0 aliphatic carbocycles. The maximum atomic E-state index is 12.3. The molecule has 0 aliphatic heterocycles. The minimum atomic E-state index is -1.40. The SMILES string of the molecule is CC[C@@H](C)[C@H](NC(=O)CNC(=O)Cc1c(C)c2c(O)cc(C)cc2oc1=O)C(=O)[O-]. The number of fused-ring (bicyclic) bond motifs is 1. The second kappa shape index (κ2) is 9.43. The van der Waals surface area contributed by atoms with E-state index in [4.69, 9.17) is 4.42 Å². The van der Waals surface area contributed by atoms with Crippen molar-refractivity contribution in [3.05, 3.63) is 39.2 Å². The monoisotopic (exact) mass is 417 g/mol. The third-order valence-corrected chi connectivity index (χ3v) is 5.07. The molecule has 1 aromatic carbocycles. The number of carboxylic acids is 1. The fraction of sp³-hybridized carbons (Fsp3) is 0.429. The molecule has 0 saturated carbocycles. The second-order valence-electron chi connectivity index (χ2n) is 7.35. The summed E-state index contributed by atoms with van der Waals surface area (Å²) in [6.07, 6.45) is 0.161. The lowest BCUT2D eigenvalue weighted by atomic mass is 9.99. The van der Waals surface area contributed by atoms with Gasteiger partial charge in [-0.3, -0.25) is 9.59 Å². The molecule has 30 heavy (non-hydrogen) atoms. The number of aliphatic carboxylic acids is 1. The van der Waals surface area contributed by atoms with Crippen LogP contribution < -0.4 is 21.4 Å². The van der Waals surface area contributed by atoms with E-state index >= 15 is 0 Å². The minimum Gasteiger partial charge on any atom is -0.548 e. The standard InChI is InChI=1S/C21H26N2O7/c1-5-11(3)19(20(27)28)23-17(26)9-22-16(25)8-13-12(4)18-14(24)6-10(2)7-15(18)30-21(13)29/h6-7,11,19,24H,5,8-9H2,1-4H3,(H,22,25)(H,23,26)(H,27,28)/p-1/t11-,19+/m1/s1. The lowest BCUT2D eigenvalue weighted by molar-refractivity contribution is -0.309. The van der Waals surface area contributed by atoms with E-state index in [-0.39, 0.29) is 29.2 Å². The first-order valence-corrected chi connectivity index (χ1v) is 9.57. The molecule has 1 heterocycles. The van der Waals surface area contributed by atoms with Crippen LogP contribution in [0.4, 0.5) is 0 Å². The number of rotatable bonds is 8. The summed E-state index contributed by atoms with van der Waals surface area (Å²) >= 11 is 0. The Morgan fingerprint density at radius 3 is 2.47 bits per heavy atom. The average Bonchev–Trinajstić information content (AvgIpc) is 2.66. The third kappa shape index (κ3) is 5.16. The van der Waals surface area contributed by atoms with Crippen molar-refractivity contribution in [3.8, 4) is 5.75 Å². The summed E-state index contributed by atoms with van der Waals surface area (Å²) in [4.78, 5) is 47.7. The Hall–Kier alpha value is -3.36. The summed E-state index contributed by atoms with van der Waals surface area (Å²) in [5.74, 6) is -3.11. The van der Waals surface area contributed by atoms with Crippen molar-refractivity contribution >= 4 is 28.8 Å². The van der Waals surface area contributed by atoms with Crippen molar-refractivity contribution in [2.75, 3.05) is 6.54 Å². The molecule has 162 valence electrons. The van der Waals surface area contributed by atoms with Gasteiger partial charge in [0, 0.05) is 0 Å². The number of amides is 2. The number of phenolic OH excluding ortho intramolecular Hbond substituents is 1. The molecule has 0 saturated heterocycles. The van der Waals surface area contributed by atoms with Crippen LogP contribution in [-0.4, -0.2) is 35.5 Å². The molecule has 0 spiro atoms. The molecule has 0 radical (unpaired) electrons. The highest BCUT2D eigenvalue weighted by molar-refractivity contribution is 5.91. The zero-order valence-electron chi connectivity index (χ0n) is 17.3. The van der Waals surface area contributed by atoms with Crippen LogP contribution in [0, 0.1) is 19.8 Å². The van der Waals surface area contributed by atoms with E-state index in [1.54, 1.807) is 33.8 Å². The van der Waals surface area contributed by atoms with Crippen LogP contribution in [0.5, 0.6) is 5.75 Å². The molecule has 0 fully saturated rings. The topological polar surface area (TPSA) is 149 Å². The van der Waals surface area contributed by atoms with Crippen LogP contribution in [0.1, 0.15) is 37.0 Å². The summed E-state index contributed by atoms with van der Waals surface area (Å²) in [6.45, 7) is 6.33. The molecular formula is C21H25N2O7-. The molecule has 3 N–H and O–H groups in total. The van der Waals surface area contributed by atoms with Gasteiger partial charge >= 0.3 is 5.63 Å². The van der Waals surface area contributed by atoms with Crippen LogP contribution in [0.2, 0.25) is 0 Å². The first-order chi connectivity index (χ1) is 14.0. The summed E-state index contributed by atoms with van der Waals surface area (Å²) in [5.41, 5.74) is 0.695. The zero-order valence-corrected chi connectivity index (χ0v) is 17.3. The average molecular weight is 417 g/mol.